The van der Waals surface area contributed by atoms with Crippen LogP contribution in [-0.2, 0) is 23.1 Å². The number of nitrogens with two attached hydrogens (primary N) is 1. The number of nitrogens with zero attached hydrogens (tertiary/aromatic N) is 2. The number of sulfonamides is 1. The molecule has 0 amide bonds. The molecule has 0 fully saturated rings. The van der Waals surface area contributed by atoms with Crippen molar-refractivity contribution in [2.75, 3.05) is 18.4 Å². The summed E-state index contributed by atoms with van der Waals surface area (Å²) in [6, 6.07) is 11.2. The molecule has 0 bridgehead atoms. The molecule has 1 aromatic carbocycles. The molecule has 2 aromatic rings. The Morgan fingerprint density at radius 2 is 1.83 bits per heavy atom. The molecule has 2 rings (SSSR count). The molecule has 0 spiro atoms. The zero-order valence-corrected chi connectivity index (χ0v) is 14.9. The summed E-state index contributed by atoms with van der Waals surface area (Å²) in [5.41, 5.74) is 2.29. The molecular weight excluding hydrogens is 324 g/mol. The minimum Gasteiger partial charge on any atom is -0.365 e. The number of rotatable bonds is 8. The van der Waals surface area contributed by atoms with E-state index in [1.54, 1.807) is 6.07 Å². The van der Waals surface area contributed by atoms with Crippen LogP contribution in [0.1, 0.15) is 25.0 Å². The lowest BCUT2D eigenvalue weighted by Crippen LogP contribution is -2.22. The molecule has 6 nitrogen and oxygen atoms in total. The number of benzene rings is 1. The van der Waals surface area contributed by atoms with Crippen molar-refractivity contribution in [1.82, 2.24) is 9.88 Å². The third kappa shape index (κ3) is 5.02. The summed E-state index contributed by atoms with van der Waals surface area (Å²) in [6.07, 6.45) is 1.54. The normalized spacial score (nSPS) is 11.7. The highest BCUT2D eigenvalue weighted by Crippen LogP contribution is 2.17. The predicted octanol–water partition coefficient (Wildman–Crippen LogP) is 2.18. The SMILES string of the molecule is CCN(CC)Cc1cccc(CNc2ncccc2S(N)(=O)=O)c1. The average Bonchev–Trinajstić information content (AvgIpc) is 2.57. The van der Waals surface area contributed by atoms with Crippen molar-refractivity contribution < 1.29 is 8.42 Å². The van der Waals surface area contributed by atoms with Gasteiger partial charge < -0.3 is 5.32 Å². The van der Waals surface area contributed by atoms with Crippen LogP contribution < -0.4 is 10.5 Å². The second kappa shape index (κ2) is 8.23. The van der Waals surface area contributed by atoms with Crippen LogP contribution in [0.5, 0.6) is 0 Å². The van der Waals surface area contributed by atoms with Crippen molar-refractivity contribution in [3.05, 3.63) is 53.7 Å². The second-order valence-corrected chi connectivity index (χ2v) is 7.06. The zero-order chi connectivity index (χ0) is 17.6. The molecule has 1 aromatic heterocycles. The van der Waals surface area contributed by atoms with Crippen LogP contribution in [0.4, 0.5) is 5.82 Å². The predicted molar refractivity (Wildman–Crippen MR) is 96.0 cm³/mol. The summed E-state index contributed by atoms with van der Waals surface area (Å²) in [7, 11) is -3.80. The van der Waals surface area contributed by atoms with Crippen molar-refractivity contribution in [3.63, 3.8) is 0 Å². The maximum atomic E-state index is 11.6. The first-order chi connectivity index (χ1) is 11.4. The molecule has 1 heterocycles. The fourth-order valence-corrected chi connectivity index (χ4v) is 3.14. The lowest BCUT2D eigenvalue weighted by molar-refractivity contribution is 0.296. The van der Waals surface area contributed by atoms with Gasteiger partial charge in [-0.1, -0.05) is 38.1 Å². The summed E-state index contributed by atoms with van der Waals surface area (Å²) in [5.74, 6) is 0.272. The van der Waals surface area contributed by atoms with E-state index in [1.807, 2.05) is 12.1 Å². The van der Waals surface area contributed by atoms with Crippen LogP contribution in [0, 0.1) is 0 Å². The van der Waals surface area contributed by atoms with E-state index in [2.05, 4.69) is 41.2 Å². The van der Waals surface area contributed by atoms with Gasteiger partial charge in [0.05, 0.1) is 0 Å². The second-order valence-electron chi connectivity index (χ2n) is 5.53. The van der Waals surface area contributed by atoms with Gasteiger partial charge in [-0.25, -0.2) is 18.5 Å². The number of nitrogens with one attached hydrogen (secondary N) is 1. The number of primary sulfonamides is 1. The van der Waals surface area contributed by atoms with Crippen LogP contribution in [0.25, 0.3) is 0 Å². The van der Waals surface area contributed by atoms with E-state index in [1.165, 1.54) is 17.8 Å². The third-order valence-electron chi connectivity index (χ3n) is 3.83. The van der Waals surface area contributed by atoms with Gasteiger partial charge in [0.15, 0.2) is 0 Å². The van der Waals surface area contributed by atoms with E-state index in [9.17, 15) is 8.42 Å². The Morgan fingerprint density at radius 1 is 1.12 bits per heavy atom. The molecule has 0 aliphatic carbocycles. The van der Waals surface area contributed by atoms with Gasteiger partial charge in [0.2, 0.25) is 10.0 Å². The van der Waals surface area contributed by atoms with E-state index in [0.29, 0.717) is 6.54 Å². The van der Waals surface area contributed by atoms with Crippen molar-refractivity contribution in [1.29, 1.82) is 0 Å². The van der Waals surface area contributed by atoms with E-state index >= 15 is 0 Å². The summed E-state index contributed by atoms with van der Waals surface area (Å²) in [5, 5.41) is 8.28. The highest BCUT2D eigenvalue weighted by Gasteiger charge is 2.14. The number of aromatic nitrogens is 1. The van der Waals surface area contributed by atoms with Crippen molar-refractivity contribution in [2.24, 2.45) is 5.14 Å². The van der Waals surface area contributed by atoms with Crippen molar-refractivity contribution >= 4 is 15.8 Å². The molecular formula is C17H24N4O2S. The van der Waals surface area contributed by atoms with Gasteiger partial charge in [0.1, 0.15) is 10.7 Å². The van der Waals surface area contributed by atoms with Crippen molar-refractivity contribution in [3.8, 4) is 0 Å². The molecule has 0 atom stereocenters. The maximum Gasteiger partial charge on any atom is 0.241 e. The van der Waals surface area contributed by atoms with Crippen LogP contribution in [0.3, 0.4) is 0 Å². The standard InChI is InChI=1S/C17H24N4O2S/c1-3-21(4-2)13-15-8-5-7-14(11-15)12-20-17-16(24(18,22)23)9-6-10-19-17/h5-11H,3-4,12-13H2,1-2H3,(H,19,20)(H2,18,22,23). The minimum atomic E-state index is -3.80. The fraction of sp³-hybridized carbons (Fsp3) is 0.353. The number of pyridine rings is 1. The zero-order valence-electron chi connectivity index (χ0n) is 14.1. The lowest BCUT2D eigenvalue weighted by Gasteiger charge is -2.18. The molecule has 0 aliphatic rings. The summed E-state index contributed by atoms with van der Waals surface area (Å²) in [6.45, 7) is 7.67. The van der Waals surface area contributed by atoms with Gasteiger partial charge >= 0.3 is 0 Å². The fourth-order valence-electron chi connectivity index (χ4n) is 2.48. The summed E-state index contributed by atoms with van der Waals surface area (Å²) in [4.78, 5) is 6.42. The first-order valence-electron chi connectivity index (χ1n) is 7.96. The first-order valence-corrected chi connectivity index (χ1v) is 9.50. The number of hydrogen-bond acceptors (Lipinski definition) is 5. The molecule has 0 saturated carbocycles. The molecule has 0 radical (unpaired) electrons. The Morgan fingerprint density at radius 3 is 2.50 bits per heavy atom. The van der Waals surface area contributed by atoms with E-state index in [4.69, 9.17) is 5.14 Å². The van der Waals surface area contributed by atoms with Gasteiger partial charge in [0, 0.05) is 19.3 Å². The highest BCUT2D eigenvalue weighted by atomic mass is 32.2. The monoisotopic (exact) mass is 348 g/mol. The van der Waals surface area contributed by atoms with Crippen LogP contribution in [0.15, 0.2) is 47.5 Å². The Balaban J connectivity index is 2.11. The van der Waals surface area contributed by atoms with Crippen molar-refractivity contribution in [2.45, 2.75) is 31.8 Å². The Bertz CT molecular complexity index is 774. The van der Waals surface area contributed by atoms with Gasteiger partial charge in [0.25, 0.3) is 0 Å². The Kier molecular flexibility index (Phi) is 6.30. The van der Waals surface area contributed by atoms with Gasteiger partial charge in [-0.2, -0.15) is 0 Å². The maximum absolute atomic E-state index is 11.6. The average molecular weight is 348 g/mol. The van der Waals surface area contributed by atoms with Crippen LogP contribution in [-0.4, -0.2) is 31.4 Å². The number of hydrogen-bond donors (Lipinski definition) is 2. The van der Waals surface area contributed by atoms with Crippen LogP contribution >= 0.6 is 0 Å². The summed E-state index contributed by atoms with van der Waals surface area (Å²) >= 11 is 0. The van der Waals surface area contributed by atoms with E-state index in [-0.39, 0.29) is 10.7 Å². The van der Waals surface area contributed by atoms with Crippen LogP contribution in [0.2, 0.25) is 0 Å². The number of anilines is 1. The molecule has 0 aliphatic heterocycles. The van der Waals surface area contributed by atoms with E-state index < -0.39 is 10.0 Å². The largest absolute Gasteiger partial charge is 0.365 e. The van der Waals surface area contributed by atoms with Gasteiger partial charge in [-0.05, 0) is 36.3 Å². The topological polar surface area (TPSA) is 88.3 Å². The molecule has 130 valence electrons. The van der Waals surface area contributed by atoms with Gasteiger partial charge in [-0.15, -0.1) is 0 Å². The first kappa shape index (κ1) is 18.4. The molecule has 24 heavy (non-hydrogen) atoms. The molecule has 3 N–H and O–H groups in total. The minimum absolute atomic E-state index is 0.00398. The molecule has 0 saturated heterocycles. The lowest BCUT2D eigenvalue weighted by atomic mass is 10.1. The Labute approximate surface area is 143 Å². The summed E-state index contributed by atoms with van der Waals surface area (Å²) < 4.78 is 23.2. The van der Waals surface area contributed by atoms with E-state index in [0.717, 1.165) is 25.2 Å². The highest BCUT2D eigenvalue weighted by molar-refractivity contribution is 7.89. The molecule has 7 heteroatoms. The van der Waals surface area contributed by atoms with Gasteiger partial charge in [-0.3, -0.25) is 4.90 Å². The smallest absolute Gasteiger partial charge is 0.241 e. The third-order valence-corrected chi connectivity index (χ3v) is 4.77. The quantitative estimate of drug-likeness (QED) is 0.763. The Hall–Kier alpha value is -1.96. The molecule has 0 unspecified atom stereocenters.